The number of fused-ring (bicyclic) bond motifs is 2. The van der Waals surface area contributed by atoms with Crippen LogP contribution >= 0.6 is 11.6 Å². The fraction of sp³-hybridized carbons (Fsp3) is 0.353. The maximum Gasteiger partial charge on any atom is 0.256 e. The van der Waals surface area contributed by atoms with E-state index in [0.29, 0.717) is 23.4 Å². The molecule has 128 valence electrons. The minimum absolute atomic E-state index is 0.0849. The number of hydrogen-bond acceptors (Lipinski definition) is 5. The molecule has 1 aromatic carbocycles. The first-order valence-electron chi connectivity index (χ1n) is 8.11. The van der Waals surface area contributed by atoms with E-state index in [1.165, 1.54) is 12.5 Å². The van der Waals surface area contributed by atoms with E-state index in [1.54, 1.807) is 12.3 Å². The Morgan fingerprint density at radius 2 is 2.16 bits per heavy atom. The monoisotopic (exact) mass is 358 g/mol. The van der Waals surface area contributed by atoms with Gasteiger partial charge in [0.2, 0.25) is 0 Å². The third-order valence-electron chi connectivity index (χ3n) is 5.50. The maximum atomic E-state index is 12.1. The highest BCUT2D eigenvalue weighted by Gasteiger charge is 2.62. The summed E-state index contributed by atoms with van der Waals surface area (Å²) in [4.78, 5) is 12.1. The minimum atomic E-state index is -0.944. The molecule has 0 aliphatic heterocycles. The summed E-state index contributed by atoms with van der Waals surface area (Å²) in [5.74, 6) is 0.327. The fourth-order valence-corrected chi connectivity index (χ4v) is 4.47. The zero-order valence-corrected chi connectivity index (χ0v) is 13.8. The molecule has 2 heterocycles. The molecule has 2 saturated carbocycles. The lowest BCUT2D eigenvalue weighted by Gasteiger charge is -2.27. The fourth-order valence-electron chi connectivity index (χ4n) is 4.25. The van der Waals surface area contributed by atoms with Gasteiger partial charge >= 0.3 is 0 Å². The van der Waals surface area contributed by atoms with Crippen LogP contribution in [0.1, 0.15) is 28.8 Å². The summed E-state index contributed by atoms with van der Waals surface area (Å²) in [5, 5.41) is 26.1. The van der Waals surface area contributed by atoms with Crippen LogP contribution in [0.5, 0.6) is 0 Å². The Balaban J connectivity index is 1.35. The van der Waals surface area contributed by atoms with Gasteiger partial charge in [-0.2, -0.15) is 5.10 Å². The van der Waals surface area contributed by atoms with Crippen molar-refractivity contribution >= 4 is 28.4 Å². The van der Waals surface area contributed by atoms with Crippen molar-refractivity contribution in [1.29, 1.82) is 0 Å². The van der Waals surface area contributed by atoms with E-state index in [2.05, 4.69) is 20.7 Å². The van der Waals surface area contributed by atoms with Crippen LogP contribution in [0.4, 0.5) is 0 Å². The number of amides is 1. The van der Waals surface area contributed by atoms with Crippen molar-refractivity contribution in [2.45, 2.75) is 24.5 Å². The highest BCUT2D eigenvalue weighted by atomic mass is 35.5. The number of rotatable bonds is 3. The van der Waals surface area contributed by atoms with E-state index in [-0.39, 0.29) is 23.8 Å². The van der Waals surface area contributed by atoms with Gasteiger partial charge in [0.25, 0.3) is 5.91 Å². The molecule has 0 bridgehead atoms. The number of H-pyrrole nitrogens is 1. The third kappa shape index (κ3) is 2.26. The number of benzene rings is 1. The van der Waals surface area contributed by atoms with Crippen molar-refractivity contribution in [3.63, 3.8) is 0 Å². The predicted octanol–water partition coefficient (Wildman–Crippen LogP) is 2.23. The highest BCUT2D eigenvalue weighted by molar-refractivity contribution is 6.31. The Morgan fingerprint density at radius 1 is 1.36 bits per heavy atom. The zero-order chi connectivity index (χ0) is 17.2. The van der Waals surface area contributed by atoms with Gasteiger partial charge < -0.3 is 14.9 Å². The van der Waals surface area contributed by atoms with Gasteiger partial charge in [0.05, 0.1) is 29.1 Å². The standard InChI is InChI=1S/C17H15ClN4O3/c18-9-1-13(12-6-19-22-14(12)2-9)17(24)3-10-11(4-17)15(10)21-16(23)8-5-20-25-7-8/h1-2,5-7,10-11,15,24H,3-4H2,(H,19,22)(H,21,23). The lowest BCUT2D eigenvalue weighted by molar-refractivity contribution is 0.0293. The summed E-state index contributed by atoms with van der Waals surface area (Å²) >= 11 is 6.19. The Hall–Kier alpha value is -2.38. The maximum absolute atomic E-state index is 12.1. The molecule has 2 atom stereocenters. The van der Waals surface area contributed by atoms with Crippen LogP contribution in [0.2, 0.25) is 5.02 Å². The number of carbonyl (C=O) groups excluding carboxylic acids is 1. The molecule has 3 aromatic rings. The Bertz CT molecular complexity index is 956. The molecular weight excluding hydrogens is 344 g/mol. The van der Waals surface area contributed by atoms with Gasteiger partial charge in [-0.25, -0.2) is 0 Å². The molecular formula is C17H15ClN4O3. The van der Waals surface area contributed by atoms with Gasteiger partial charge in [0.15, 0.2) is 0 Å². The van der Waals surface area contributed by atoms with Crippen LogP contribution in [-0.2, 0) is 5.60 Å². The Kier molecular flexibility index (Phi) is 3.02. The van der Waals surface area contributed by atoms with Crippen LogP contribution in [0.3, 0.4) is 0 Å². The number of nitrogens with one attached hydrogen (secondary N) is 2. The first-order valence-corrected chi connectivity index (χ1v) is 8.49. The van der Waals surface area contributed by atoms with E-state index in [1.807, 2.05) is 6.07 Å². The van der Waals surface area contributed by atoms with E-state index in [4.69, 9.17) is 16.1 Å². The van der Waals surface area contributed by atoms with Crippen molar-refractivity contribution in [2.75, 3.05) is 0 Å². The quantitative estimate of drug-likeness (QED) is 0.666. The average Bonchev–Trinajstić information content (AvgIpc) is 3.12. The molecule has 1 amide bonds. The first-order chi connectivity index (χ1) is 12.0. The largest absolute Gasteiger partial charge is 0.385 e. The lowest BCUT2D eigenvalue weighted by Crippen LogP contribution is -2.33. The third-order valence-corrected chi connectivity index (χ3v) is 5.71. The summed E-state index contributed by atoms with van der Waals surface area (Å²) in [7, 11) is 0. The predicted molar refractivity (Wildman–Crippen MR) is 89.0 cm³/mol. The molecule has 8 heteroatoms. The summed E-state index contributed by atoms with van der Waals surface area (Å²) < 4.78 is 4.69. The second kappa shape index (κ2) is 5.06. The van der Waals surface area contributed by atoms with Crippen molar-refractivity contribution < 1.29 is 14.4 Å². The Morgan fingerprint density at radius 3 is 2.88 bits per heavy atom. The van der Waals surface area contributed by atoms with Gasteiger partial charge in [-0.3, -0.25) is 9.89 Å². The van der Waals surface area contributed by atoms with Crippen molar-refractivity contribution in [3.8, 4) is 0 Å². The summed E-state index contributed by atoms with van der Waals surface area (Å²) in [5.41, 5.74) is 1.09. The van der Waals surface area contributed by atoms with Crippen LogP contribution in [0.15, 0.2) is 35.3 Å². The smallest absolute Gasteiger partial charge is 0.256 e. The number of aromatic amines is 1. The molecule has 2 aliphatic rings. The van der Waals surface area contributed by atoms with Gasteiger partial charge in [0.1, 0.15) is 6.26 Å². The van der Waals surface area contributed by atoms with Crippen molar-refractivity contribution in [1.82, 2.24) is 20.7 Å². The Labute approximate surface area is 147 Å². The van der Waals surface area contributed by atoms with Crippen molar-refractivity contribution in [3.05, 3.63) is 46.9 Å². The number of nitrogens with zero attached hydrogens (tertiary/aromatic N) is 2. The van der Waals surface area contributed by atoms with Gasteiger partial charge in [-0.1, -0.05) is 16.8 Å². The number of aromatic nitrogens is 3. The van der Waals surface area contributed by atoms with Gasteiger partial charge in [-0.15, -0.1) is 0 Å². The van der Waals surface area contributed by atoms with Crippen LogP contribution in [-0.4, -0.2) is 32.4 Å². The molecule has 0 saturated heterocycles. The topological polar surface area (TPSA) is 104 Å². The molecule has 25 heavy (non-hydrogen) atoms. The molecule has 0 radical (unpaired) electrons. The SMILES string of the molecule is O=C(NC1C2CC(O)(c3cc(Cl)cc4[nH]ncc34)CC21)c1cnoc1. The summed E-state index contributed by atoms with van der Waals surface area (Å²) in [6.45, 7) is 0. The molecule has 5 rings (SSSR count). The number of aliphatic hydroxyl groups is 1. The first kappa shape index (κ1) is 14.9. The number of halogens is 1. The van der Waals surface area contributed by atoms with E-state index in [9.17, 15) is 9.90 Å². The molecule has 2 aliphatic carbocycles. The molecule has 2 unspecified atom stereocenters. The zero-order valence-electron chi connectivity index (χ0n) is 13.1. The minimum Gasteiger partial charge on any atom is -0.385 e. The number of carbonyl (C=O) groups is 1. The van der Waals surface area contributed by atoms with Crippen LogP contribution in [0.25, 0.3) is 10.9 Å². The molecule has 2 fully saturated rings. The lowest BCUT2D eigenvalue weighted by atomic mass is 9.86. The van der Waals surface area contributed by atoms with Gasteiger partial charge in [-0.05, 0) is 42.4 Å². The number of hydrogen-bond donors (Lipinski definition) is 3. The van der Waals surface area contributed by atoms with Gasteiger partial charge in [0, 0.05) is 16.5 Å². The second-order valence-corrected chi connectivity index (χ2v) is 7.40. The highest BCUT2D eigenvalue weighted by Crippen LogP contribution is 2.60. The van der Waals surface area contributed by atoms with Crippen LogP contribution < -0.4 is 5.32 Å². The molecule has 7 nitrogen and oxygen atoms in total. The molecule has 2 aromatic heterocycles. The van der Waals surface area contributed by atoms with E-state index >= 15 is 0 Å². The summed E-state index contributed by atoms with van der Waals surface area (Å²) in [6, 6.07) is 3.70. The second-order valence-electron chi connectivity index (χ2n) is 6.96. The van der Waals surface area contributed by atoms with E-state index in [0.717, 1.165) is 16.5 Å². The van der Waals surface area contributed by atoms with Crippen LogP contribution in [0, 0.1) is 11.8 Å². The molecule has 0 spiro atoms. The average molecular weight is 359 g/mol. The van der Waals surface area contributed by atoms with E-state index < -0.39 is 5.60 Å². The normalized spacial score (nSPS) is 30.4. The summed E-state index contributed by atoms with van der Waals surface area (Å²) in [6.07, 6.45) is 5.62. The molecule has 3 N–H and O–H groups in total. The van der Waals surface area contributed by atoms with Crippen molar-refractivity contribution in [2.24, 2.45) is 11.8 Å².